The molecule has 0 saturated heterocycles. The summed E-state index contributed by atoms with van der Waals surface area (Å²) in [4.78, 5) is 4.38. The maximum atomic E-state index is 12.5. The standard InChI is InChI=1S/C16H17N5O2S/c1-11-16(12(2)20-19-11)24(22,23)21-14-8-9-15(17-10-14)18-13-6-4-3-5-7-13/h3-10,21H,1-2H3,(H,17,18)(H,19,20). The van der Waals surface area contributed by atoms with Crippen molar-refractivity contribution < 1.29 is 8.42 Å². The van der Waals surface area contributed by atoms with Crippen molar-refractivity contribution >= 4 is 27.2 Å². The molecule has 24 heavy (non-hydrogen) atoms. The Labute approximate surface area is 140 Å². The second-order valence-electron chi connectivity index (χ2n) is 5.29. The van der Waals surface area contributed by atoms with Crippen LogP contribution < -0.4 is 10.0 Å². The van der Waals surface area contributed by atoms with E-state index in [4.69, 9.17) is 0 Å². The number of aromatic amines is 1. The Hall–Kier alpha value is -2.87. The Bertz CT molecular complexity index is 915. The zero-order valence-corrected chi connectivity index (χ0v) is 14.1. The molecule has 0 spiro atoms. The van der Waals surface area contributed by atoms with Gasteiger partial charge in [0.25, 0.3) is 10.0 Å². The molecule has 2 aromatic heterocycles. The maximum Gasteiger partial charge on any atom is 0.265 e. The molecule has 1 aromatic carbocycles. The van der Waals surface area contributed by atoms with E-state index in [0.717, 1.165) is 5.69 Å². The molecular formula is C16H17N5O2S. The number of para-hydroxylation sites is 1. The largest absolute Gasteiger partial charge is 0.340 e. The van der Waals surface area contributed by atoms with E-state index in [0.29, 0.717) is 22.9 Å². The fourth-order valence-corrected chi connectivity index (χ4v) is 3.76. The van der Waals surface area contributed by atoms with E-state index in [1.807, 2.05) is 30.3 Å². The number of hydrogen-bond donors (Lipinski definition) is 3. The van der Waals surface area contributed by atoms with Gasteiger partial charge in [0.15, 0.2) is 0 Å². The molecular weight excluding hydrogens is 326 g/mol. The second-order valence-corrected chi connectivity index (χ2v) is 6.91. The lowest BCUT2D eigenvalue weighted by Crippen LogP contribution is -2.14. The zero-order chi connectivity index (χ0) is 17.2. The number of sulfonamides is 1. The van der Waals surface area contributed by atoms with Crippen molar-refractivity contribution in [3.05, 3.63) is 60.0 Å². The van der Waals surface area contributed by atoms with Gasteiger partial charge >= 0.3 is 0 Å². The van der Waals surface area contributed by atoms with Crippen LogP contribution in [-0.2, 0) is 10.0 Å². The molecule has 0 saturated carbocycles. The number of benzene rings is 1. The predicted molar refractivity (Wildman–Crippen MR) is 92.8 cm³/mol. The lowest BCUT2D eigenvalue weighted by atomic mass is 10.3. The summed E-state index contributed by atoms with van der Waals surface area (Å²) in [6, 6.07) is 13.0. The van der Waals surface area contributed by atoms with Crippen molar-refractivity contribution in [1.29, 1.82) is 0 Å². The summed E-state index contributed by atoms with van der Waals surface area (Å²) in [6.45, 7) is 3.31. The molecule has 3 aromatic rings. The van der Waals surface area contributed by atoms with Crippen molar-refractivity contribution in [3.63, 3.8) is 0 Å². The molecule has 0 amide bonds. The molecule has 124 valence electrons. The van der Waals surface area contributed by atoms with Gasteiger partial charge in [-0.1, -0.05) is 18.2 Å². The van der Waals surface area contributed by atoms with Gasteiger partial charge in [-0.25, -0.2) is 13.4 Å². The lowest BCUT2D eigenvalue weighted by Gasteiger charge is -2.09. The van der Waals surface area contributed by atoms with Gasteiger partial charge in [-0.05, 0) is 38.1 Å². The highest BCUT2D eigenvalue weighted by atomic mass is 32.2. The van der Waals surface area contributed by atoms with Crippen molar-refractivity contribution in [1.82, 2.24) is 15.2 Å². The number of aromatic nitrogens is 3. The van der Waals surface area contributed by atoms with Crippen LogP contribution in [0.4, 0.5) is 17.2 Å². The van der Waals surface area contributed by atoms with E-state index < -0.39 is 10.0 Å². The summed E-state index contributed by atoms with van der Waals surface area (Å²) >= 11 is 0. The van der Waals surface area contributed by atoms with Gasteiger partial charge in [0.2, 0.25) is 0 Å². The molecule has 0 unspecified atom stereocenters. The summed E-state index contributed by atoms with van der Waals surface area (Å²) < 4.78 is 27.4. The number of nitrogens with zero attached hydrogens (tertiary/aromatic N) is 2. The van der Waals surface area contributed by atoms with Gasteiger partial charge in [0.05, 0.1) is 23.3 Å². The molecule has 8 heteroatoms. The molecule has 2 heterocycles. The van der Waals surface area contributed by atoms with E-state index in [1.165, 1.54) is 6.20 Å². The summed E-state index contributed by atoms with van der Waals surface area (Å²) in [6.07, 6.45) is 1.47. The smallest absolute Gasteiger partial charge is 0.265 e. The Morgan fingerprint density at radius 3 is 2.33 bits per heavy atom. The molecule has 0 aliphatic carbocycles. The first-order valence-electron chi connectivity index (χ1n) is 7.28. The number of H-pyrrole nitrogens is 1. The third kappa shape index (κ3) is 3.38. The third-order valence-corrected chi connectivity index (χ3v) is 5.03. The van der Waals surface area contributed by atoms with Crippen LogP contribution >= 0.6 is 0 Å². The van der Waals surface area contributed by atoms with E-state index in [1.54, 1.807) is 26.0 Å². The summed E-state index contributed by atoms with van der Waals surface area (Å²) in [7, 11) is -3.71. The number of rotatable bonds is 5. The fraction of sp³-hybridized carbons (Fsp3) is 0.125. The van der Waals surface area contributed by atoms with E-state index in [9.17, 15) is 8.42 Å². The van der Waals surface area contributed by atoms with E-state index in [-0.39, 0.29) is 4.90 Å². The van der Waals surface area contributed by atoms with Crippen LogP contribution in [0.5, 0.6) is 0 Å². The van der Waals surface area contributed by atoms with E-state index in [2.05, 4.69) is 25.2 Å². The van der Waals surface area contributed by atoms with Crippen molar-refractivity contribution in [2.24, 2.45) is 0 Å². The zero-order valence-electron chi connectivity index (χ0n) is 13.2. The van der Waals surface area contributed by atoms with Crippen LogP contribution in [0.25, 0.3) is 0 Å². The van der Waals surface area contributed by atoms with Gasteiger partial charge in [-0.15, -0.1) is 0 Å². The minimum atomic E-state index is -3.71. The van der Waals surface area contributed by atoms with Gasteiger partial charge in [-0.3, -0.25) is 9.82 Å². The first-order chi connectivity index (χ1) is 11.5. The monoisotopic (exact) mass is 343 g/mol. The quantitative estimate of drug-likeness (QED) is 0.661. The molecule has 3 rings (SSSR count). The topological polar surface area (TPSA) is 99.8 Å². The lowest BCUT2D eigenvalue weighted by molar-refractivity contribution is 0.600. The molecule has 7 nitrogen and oxygen atoms in total. The Kier molecular flexibility index (Phi) is 4.22. The van der Waals surface area contributed by atoms with Crippen molar-refractivity contribution in [2.75, 3.05) is 10.0 Å². The van der Waals surface area contributed by atoms with Crippen LogP contribution in [0.15, 0.2) is 53.6 Å². The van der Waals surface area contributed by atoms with Gasteiger partial charge in [0.1, 0.15) is 10.7 Å². The average molecular weight is 343 g/mol. The minimum absolute atomic E-state index is 0.161. The maximum absolute atomic E-state index is 12.5. The highest BCUT2D eigenvalue weighted by Crippen LogP contribution is 2.21. The first kappa shape index (κ1) is 16.0. The second kappa shape index (κ2) is 6.32. The van der Waals surface area contributed by atoms with E-state index >= 15 is 0 Å². The number of aryl methyl sites for hydroxylation is 2. The van der Waals surface area contributed by atoms with Crippen LogP contribution in [0.2, 0.25) is 0 Å². The molecule has 0 aliphatic rings. The molecule has 0 radical (unpaired) electrons. The Morgan fingerprint density at radius 1 is 1.00 bits per heavy atom. The summed E-state index contributed by atoms with van der Waals surface area (Å²) in [5.74, 6) is 0.625. The van der Waals surface area contributed by atoms with Crippen molar-refractivity contribution in [3.8, 4) is 0 Å². The van der Waals surface area contributed by atoms with Gasteiger partial charge < -0.3 is 5.32 Å². The number of hydrogen-bond acceptors (Lipinski definition) is 5. The fourth-order valence-electron chi connectivity index (χ4n) is 2.34. The molecule has 0 atom stereocenters. The predicted octanol–water partition coefficient (Wildman–Crippen LogP) is 2.97. The Balaban J connectivity index is 1.77. The molecule has 0 fully saturated rings. The number of nitrogens with one attached hydrogen (secondary N) is 3. The van der Waals surface area contributed by atoms with Crippen molar-refractivity contribution in [2.45, 2.75) is 18.7 Å². The highest BCUT2D eigenvalue weighted by Gasteiger charge is 2.22. The minimum Gasteiger partial charge on any atom is -0.340 e. The van der Waals surface area contributed by atoms with Gasteiger partial charge in [-0.2, -0.15) is 5.10 Å². The molecule has 3 N–H and O–H groups in total. The van der Waals surface area contributed by atoms with Crippen LogP contribution in [0.3, 0.4) is 0 Å². The Morgan fingerprint density at radius 2 is 1.75 bits per heavy atom. The normalized spacial score (nSPS) is 11.2. The average Bonchev–Trinajstić information content (AvgIpc) is 2.90. The third-order valence-electron chi connectivity index (χ3n) is 3.39. The SMILES string of the molecule is Cc1n[nH]c(C)c1S(=O)(=O)Nc1ccc(Nc2ccccc2)nc1. The highest BCUT2D eigenvalue weighted by molar-refractivity contribution is 7.92. The summed E-state index contributed by atoms with van der Waals surface area (Å²) in [5.41, 5.74) is 2.21. The molecule has 0 aliphatic heterocycles. The van der Waals surface area contributed by atoms with Crippen LogP contribution in [-0.4, -0.2) is 23.6 Å². The number of anilines is 3. The number of pyridine rings is 1. The molecule has 0 bridgehead atoms. The van der Waals surface area contributed by atoms with Crippen LogP contribution in [0, 0.1) is 13.8 Å². The first-order valence-corrected chi connectivity index (χ1v) is 8.76. The van der Waals surface area contributed by atoms with Crippen LogP contribution in [0.1, 0.15) is 11.4 Å². The van der Waals surface area contributed by atoms with Gasteiger partial charge in [0, 0.05) is 5.69 Å². The summed E-state index contributed by atoms with van der Waals surface area (Å²) in [5, 5.41) is 9.72.